The number of carbonyl (C=O) groups is 1. The number of benzene rings is 1. The Hall–Kier alpha value is -2.49. The summed E-state index contributed by atoms with van der Waals surface area (Å²) in [6.45, 7) is 1.31. The van der Waals surface area contributed by atoms with E-state index in [1.807, 2.05) is 0 Å². The van der Waals surface area contributed by atoms with Gasteiger partial charge in [-0.25, -0.2) is 17.6 Å². The minimum Gasteiger partial charge on any atom is -0.411 e. The van der Waals surface area contributed by atoms with Crippen LogP contribution in [-0.2, 0) is 22.1 Å². The summed E-state index contributed by atoms with van der Waals surface area (Å²) in [6.07, 6.45) is 3.04. The van der Waals surface area contributed by atoms with E-state index in [2.05, 4.69) is 15.5 Å². The van der Waals surface area contributed by atoms with Crippen LogP contribution < -0.4 is 5.32 Å². The summed E-state index contributed by atoms with van der Waals surface area (Å²) < 4.78 is 43.4. The maximum Gasteiger partial charge on any atom is 0.335 e. The molecule has 26 heavy (non-hydrogen) atoms. The molecule has 3 rings (SSSR count). The van der Waals surface area contributed by atoms with Crippen molar-refractivity contribution in [2.75, 3.05) is 13.1 Å². The topological polar surface area (TPSA) is 105 Å². The third-order valence-corrected chi connectivity index (χ3v) is 5.44. The van der Waals surface area contributed by atoms with Gasteiger partial charge < -0.3 is 14.6 Å². The minimum absolute atomic E-state index is 0.0191. The summed E-state index contributed by atoms with van der Waals surface area (Å²) in [7, 11) is -3.98. The Labute approximate surface area is 150 Å². The van der Waals surface area contributed by atoms with E-state index in [1.165, 1.54) is 18.2 Å². The molecule has 0 radical (unpaired) electrons. The first-order valence-corrected chi connectivity index (χ1v) is 9.92. The van der Waals surface area contributed by atoms with Crippen molar-refractivity contribution >= 4 is 15.9 Å². The van der Waals surface area contributed by atoms with Gasteiger partial charge in [-0.3, -0.25) is 0 Å². The fourth-order valence-electron chi connectivity index (χ4n) is 2.68. The second kappa shape index (κ2) is 7.81. The Balaban J connectivity index is 1.61. The van der Waals surface area contributed by atoms with Gasteiger partial charge in [-0.15, -0.1) is 5.10 Å². The molecule has 1 N–H and O–H groups in total. The van der Waals surface area contributed by atoms with E-state index >= 15 is 0 Å². The SMILES string of the molecule is O=C(NCc1nnc(S(=O)(=O)Cc2ccccc2F)o1)N1CCCCC1. The smallest absolute Gasteiger partial charge is 0.335 e. The number of sulfone groups is 1. The fraction of sp³-hybridized carbons (Fsp3) is 0.438. The molecule has 10 heteroatoms. The molecule has 0 unspecified atom stereocenters. The van der Waals surface area contributed by atoms with Gasteiger partial charge in [-0.1, -0.05) is 23.3 Å². The number of aromatic nitrogens is 2. The van der Waals surface area contributed by atoms with Gasteiger partial charge in [0, 0.05) is 18.7 Å². The summed E-state index contributed by atoms with van der Waals surface area (Å²) in [4.78, 5) is 13.7. The molecular formula is C16H19FN4O4S. The van der Waals surface area contributed by atoms with Crippen molar-refractivity contribution in [2.24, 2.45) is 0 Å². The van der Waals surface area contributed by atoms with Crippen LogP contribution in [0, 0.1) is 5.82 Å². The Morgan fingerprint density at radius 1 is 1.19 bits per heavy atom. The zero-order chi connectivity index (χ0) is 18.6. The highest BCUT2D eigenvalue weighted by Gasteiger charge is 2.25. The first kappa shape index (κ1) is 18.3. The van der Waals surface area contributed by atoms with E-state index in [0.717, 1.165) is 19.3 Å². The van der Waals surface area contributed by atoms with Crippen molar-refractivity contribution < 1.29 is 22.0 Å². The van der Waals surface area contributed by atoms with Gasteiger partial charge in [0.25, 0.3) is 0 Å². The van der Waals surface area contributed by atoms with E-state index in [1.54, 1.807) is 11.0 Å². The molecular weight excluding hydrogens is 363 g/mol. The van der Waals surface area contributed by atoms with Crippen LogP contribution in [0.1, 0.15) is 30.7 Å². The number of hydrogen-bond acceptors (Lipinski definition) is 6. The number of piperidine rings is 1. The number of halogens is 1. The van der Waals surface area contributed by atoms with Crippen molar-refractivity contribution in [3.8, 4) is 0 Å². The third kappa shape index (κ3) is 4.37. The van der Waals surface area contributed by atoms with Crippen LogP contribution in [-0.4, -0.2) is 42.6 Å². The predicted molar refractivity (Wildman–Crippen MR) is 89.2 cm³/mol. The van der Waals surface area contributed by atoms with Gasteiger partial charge in [-0.2, -0.15) is 0 Å². The molecule has 0 atom stereocenters. The highest BCUT2D eigenvalue weighted by molar-refractivity contribution is 7.90. The summed E-state index contributed by atoms with van der Waals surface area (Å²) in [5.74, 6) is -1.23. The van der Waals surface area contributed by atoms with E-state index < -0.39 is 26.6 Å². The maximum absolute atomic E-state index is 13.6. The number of urea groups is 1. The van der Waals surface area contributed by atoms with E-state index in [0.29, 0.717) is 13.1 Å². The number of nitrogens with one attached hydrogen (secondary N) is 1. The Kier molecular flexibility index (Phi) is 5.50. The minimum atomic E-state index is -3.98. The maximum atomic E-state index is 13.6. The van der Waals surface area contributed by atoms with Gasteiger partial charge >= 0.3 is 11.3 Å². The van der Waals surface area contributed by atoms with Crippen molar-refractivity contribution in [3.05, 3.63) is 41.5 Å². The van der Waals surface area contributed by atoms with Crippen LogP contribution in [0.3, 0.4) is 0 Å². The van der Waals surface area contributed by atoms with E-state index in [-0.39, 0.29) is 24.0 Å². The first-order chi connectivity index (χ1) is 12.5. The number of rotatable bonds is 5. The second-order valence-electron chi connectivity index (χ2n) is 6.02. The standard InChI is InChI=1S/C16H19FN4O4S/c17-13-7-3-2-6-12(13)11-26(23,24)16-20-19-14(25-16)10-18-15(22)21-8-4-1-5-9-21/h2-3,6-7H,1,4-5,8-11H2,(H,18,22). The molecule has 2 amide bonds. The van der Waals surface area contributed by atoms with Crippen LogP contribution >= 0.6 is 0 Å². The molecule has 0 aliphatic carbocycles. The third-order valence-electron chi connectivity index (χ3n) is 4.05. The monoisotopic (exact) mass is 382 g/mol. The summed E-state index contributed by atoms with van der Waals surface area (Å²) in [5.41, 5.74) is 0.0191. The van der Waals surface area contributed by atoms with Crippen LogP contribution in [0.4, 0.5) is 9.18 Å². The second-order valence-corrected chi connectivity index (χ2v) is 7.89. The fourth-order valence-corrected chi connectivity index (χ4v) is 3.83. The molecule has 0 saturated carbocycles. The van der Waals surface area contributed by atoms with Crippen molar-refractivity contribution in [2.45, 2.75) is 36.8 Å². The van der Waals surface area contributed by atoms with Crippen LogP contribution in [0.2, 0.25) is 0 Å². The molecule has 1 saturated heterocycles. The highest BCUT2D eigenvalue weighted by atomic mass is 32.2. The molecule has 8 nitrogen and oxygen atoms in total. The average molecular weight is 382 g/mol. The number of likely N-dealkylation sites (tertiary alicyclic amines) is 1. The van der Waals surface area contributed by atoms with Crippen LogP contribution in [0.25, 0.3) is 0 Å². The highest BCUT2D eigenvalue weighted by Crippen LogP contribution is 2.17. The van der Waals surface area contributed by atoms with Crippen molar-refractivity contribution in [3.63, 3.8) is 0 Å². The summed E-state index contributed by atoms with van der Waals surface area (Å²) in [5, 5.41) is 9.19. The average Bonchev–Trinajstić information content (AvgIpc) is 3.12. The molecule has 0 spiro atoms. The normalized spacial score (nSPS) is 15.0. The number of carbonyl (C=O) groups excluding carboxylic acids is 1. The van der Waals surface area contributed by atoms with Crippen molar-refractivity contribution in [1.29, 1.82) is 0 Å². The lowest BCUT2D eigenvalue weighted by Gasteiger charge is -2.26. The zero-order valence-corrected chi connectivity index (χ0v) is 14.8. The lowest BCUT2D eigenvalue weighted by Crippen LogP contribution is -2.42. The van der Waals surface area contributed by atoms with E-state index in [4.69, 9.17) is 4.42 Å². The number of hydrogen-bond donors (Lipinski definition) is 1. The zero-order valence-electron chi connectivity index (χ0n) is 14.0. The van der Waals surface area contributed by atoms with E-state index in [9.17, 15) is 17.6 Å². The molecule has 140 valence electrons. The Bertz CT molecular complexity index is 878. The number of amides is 2. The molecule has 1 aromatic heterocycles. The number of nitrogens with zero attached hydrogens (tertiary/aromatic N) is 3. The largest absolute Gasteiger partial charge is 0.411 e. The summed E-state index contributed by atoms with van der Waals surface area (Å²) >= 11 is 0. The van der Waals surface area contributed by atoms with Gasteiger partial charge in [-0.05, 0) is 25.3 Å². The Morgan fingerprint density at radius 2 is 1.92 bits per heavy atom. The summed E-state index contributed by atoms with van der Waals surface area (Å²) in [6, 6.07) is 5.33. The quantitative estimate of drug-likeness (QED) is 0.846. The van der Waals surface area contributed by atoms with Crippen LogP contribution in [0.5, 0.6) is 0 Å². The predicted octanol–water partition coefficient (Wildman–Crippen LogP) is 1.88. The lowest BCUT2D eigenvalue weighted by molar-refractivity contribution is 0.184. The molecule has 1 aliphatic heterocycles. The van der Waals surface area contributed by atoms with Crippen molar-refractivity contribution in [1.82, 2.24) is 20.4 Å². The molecule has 0 bridgehead atoms. The molecule has 2 heterocycles. The molecule has 1 aromatic carbocycles. The van der Waals surface area contributed by atoms with Gasteiger partial charge in [0.15, 0.2) is 0 Å². The van der Waals surface area contributed by atoms with Gasteiger partial charge in [0.1, 0.15) is 5.82 Å². The Morgan fingerprint density at radius 3 is 2.65 bits per heavy atom. The van der Waals surface area contributed by atoms with Crippen LogP contribution in [0.15, 0.2) is 33.9 Å². The lowest BCUT2D eigenvalue weighted by atomic mass is 10.1. The molecule has 1 aliphatic rings. The first-order valence-electron chi connectivity index (χ1n) is 8.27. The van der Waals surface area contributed by atoms with Gasteiger partial charge in [0.2, 0.25) is 15.7 Å². The molecule has 1 fully saturated rings. The van der Waals surface area contributed by atoms with Gasteiger partial charge in [0.05, 0.1) is 12.3 Å². The molecule has 2 aromatic rings.